The third-order valence-corrected chi connectivity index (χ3v) is 26.1. The van der Waals surface area contributed by atoms with Gasteiger partial charge in [0.25, 0.3) is 0 Å². The zero-order chi connectivity index (χ0) is 91.9. The highest BCUT2D eigenvalue weighted by Crippen LogP contribution is 2.40. The Kier molecular flexibility index (Phi) is 29.1. The van der Waals surface area contributed by atoms with Gasteiger partial charge in [0, 0.05) is 179 Å². The Morgan fingerprint density at radius 2 is 0.908 bits per heavy atom. The molecule has 0 fully saturated rings. The smallest absolute Gasteiger partial charge is 0.436 e. The first-order chi connectivity index (χ1) is 63.6. The van der Waals surface area contributed by atoms with Crippen LogP contribution in [-0.4, -0.2) is 112 Å². The minimum atomic E-state index is -0.886. The van der Waals surface area contributed by atoms with Crippen molar-refractivity contribution in [1.82, 2.24) is 23.3 Å². The molecule has 0 amide bonds. The highest BCUT2D eigenvalue weighted by molar-refractivity contribution is 8.01. The van der Waals surface area contributed by atoms with Crippen LogP contribution in [0.3, 0.4) is 0 Å². The third kappa shape index (κ3) is 20.4. The molecule has 26 heteroatoms. The molecule has 1 aliphatic heterocycles. The number of fused-ring (bicyclic) bond motifs is 12. The summed E-state index contributed by atoms with van der Waals surface area (Å²) in [5.74, 6) is -0.360. The number of para-hydroxylation sites is 1. The summed E-state index contributed by atoms with van der Waals surface area (Å²) >= 11 is 6.04. The number of hydrogen-bond acceptors (Lipinski definition) is 22. The Bertz CT molecular complexity index is 7360. The lowest BCUT2D eigenvalue weighted by atomic mass is 10.00. The summed E-state index contributed by atoms with van der Waals surface area (Å²) in [6, 6.07) is 73.0. The van der Waals surface area contributed by atoms with Gasteiger partial charge in [-0.2, -0.15) is 0 Å². The van der Waals surface area contributed by atoms with E-state index in [9.17, 15) is 38.4 Å². The van der Waals surface area contributed by atoms with Crippen LogP contribution >= 0.6 is 45.8 Å². The Labute approximate surface area is 771 Å². The molecule has 8 aromatic heterocycles. The number of Topliss-reactive ketones (excluding diaryl/α,β-unsaturated/α-hetero) is 1. The van der Waals surface area contributed by atoms with E-state index in [1.54, 1.807) is 43.2 Å². The van der Waals surface area contributed by atoms with Crippen molar-refractivity contribution in [3.63, 3.8) is 0 Å². The van der Waals surface area contributed by atoms with Gasteiger partial charge in [0.15, 0.2) is 11.6 Å². The predicted octanol–water partition coefficient (Wildman–Crippen LogP) is 24.9. The Morgan fingerprint density at radius 1 is 0.443 bits per heavy atom. The van der Waals surface area contributed by atoms with Gasteiger partial charge >= 0.3 is 24.1 Å². The fourth-order valence-electron chi connectivity index (χ4n) is 16.3. The van der Waals surface area contributed by atoms with E-state index in [-0.39, 0.29) is 34.4 Å². The van der Waals surface area contributed by atoms with Gasteiger partial charge in [-0.1, -0.05) is 120 Å². The fraction of sp³-hybridized carbons (Fsp3) is 0.190. The molecule has 22 nitrogen and oxygen atoms in total. The maximum atomic E-state index is 13.3. The van der Waals surface area contributed by atoms with Crippen molar-refractivity contribution in [3.05, 3.63) is 330 Å². The van der Waals surface area contributed by atoms with E-state index in [4.69, 9.17) is 14.5 Å². The average Bonchev–Trinajstić information content (AvgIpc) is 1.53. The first-order valence-electron chi connectivity index (χ1n) is 42.9. The SMILES string of the molecule is CCCCCC/C(=N\OC(C)=O)c1ccc2c(c1)c1cc(C(=O)c3cccs3)ccc1n2C(C)C.CCn1c2ccc(/C=N/OC(C)=O)cc2c2cc(C(=O)c3cccs3)ccc21.CCn1c2ccc(C(=O)c3ccncc3)cc2c2cc(/C(C)=N/OC(C)=O)ccc21.COC(=O)O/N=C(/c1ccc2c(c1)c1cc(C(=O)C3C=CCS3)ccc1n2-c1ccccc1)c1cccs1. The Hall–Kier alpha value is -14.4. The standard InChI is InChI=1S/C30H22N2O4S2.C29H32N2O3S.C24H21N3O3.C22H18N2O3S/c1-35-30(34)36-31-28(26-9-5-15-37-26)19-11-13-24-22(17-19)23-18-20(29(33)27-10-6-16-38-27)12-14-25(23)32(24)21-7-3-2-4-8-21;1-5-6-7-8-10-25(30-34-20(4)32)21-12-14-26-23(17-21)24-18-22(29(33)28-11-9-16-35-28)13-15-27(24)31(26)19(2)3;1-4-27-22-7-5-18(15(2)26-30-16(3)28)13-20(22)21-14-19(6-8-23(21)27)24(29)17-9-11-25-12-10-17;1-3-24-19-8-6-15(13-23-27-14(2)25)11-17(19)18-12-16(7-9-20(18)24)22(26)21-5-4-10-28-21/h2-15,17-18,27H,16H2,1H3;9,11-19H,5-8,10H2,1-4H3;5-14H,4H2,1-3H3;4-13H,3H2,1-2H3/b31-28-;30-25+;26-15+;23-13+. The van der Waals surface area contributed by atoms with E-state index in [0.717, 1.165) is 180 Å². The lowest BCUT2D eigenvalue weighted by Crippen LogP contribution is -2.12. The molecule has 0 bridgehead atoms. The van der Waals surface area contributed by atoms with Gasteiger partial charge in [0.1, 0.15) is 5.71 Å². The van der Waals surface area contributed by atoms with Crippen molar-refractivity contribution in [2.24, 2.45) is 20.6 Å². The molecule has 17 aromatic rings. The number of rotatable bonds is 26. The maximum Gasteiger partial charge on any atom is 0.534 e. The molecule has 0 saturated heterocycles. The molecule has 131 heavy (non-hydrogen) atoms. The van der Waals surface area contributed by atoms with Crippen LogP contribution in [0.5, 0.6) is 0 Å². The normalized spacial score (nSPS) is 12.8. The molecular weight excluding hydrogens is 1720 g/mol. The van der Waals surface area contributed by atoms with E-state index >= 15 is 0 Å². The number of aryl methyl sites for hydroxylation is 2. The van der Waals surface area contributed by atoms with Crippen molar-refractivity contribution < 1.29 is 62.4 Å². The number of carbonyl (C=O) groups is 8. The zero-order valence-electron chi connectivity index (χ0n) is 73.8. The highest BCUT2D eigenvalue weighted by atomic mass is 32.2. The number of aromatic nitrogens is 5. The molecule has 0 spiro atoms. The molecule has 0 saturated carbocycles. The minimum absolute atomic E-state index is 0.0295. The molecule has 1 atom stereocenters. The number of thioether (sulfide) groups is 1. The Morgan fingerprint density at radius 3 is 1.44 bits per heavy atom. The van der Waals surface area contributed by atoms with Crippen LogP contribution < -0.4 is 0 Å². The maximum absolute atomic E-state index is 13.3. The molecule has 0 aliphatic carbocycles. The van der Waals surface area contributed by atoms with Gasteiger partial charge in [-0.25, -0.2) is 19.2 Å². The highest BCUT2D eigenvalue weighted by Gasteiger charge is 2.26. The molecule has 1 aliphatic rings. The Balaban J connectivity index is 0.000000135. The van der Waals surface area contributed by atoms with Gasteiger partial charge in [0.05, 0.1) is 55.7 Å². The fourth-order valence-corrected chi connectivity index (χ4v) is 19.3. The van der Waals surface area contributed by atoms with Gasteiger partial charge in [-0.15, -0.1) is 45.8 Å². The van der Waals surface area contributed by atoms with Crippen LogP contribution in [0.15, 0.2) is 286 Å². The first-order valence-corrected chi connectivity index (χ1v) is 46.6. The number of unbranched alkanes of at least 4 members (excludes halogenated alkanes) is 3. The van der Waals surface area contributed by atoms with Gasteiger partial charge < -0.3 is 37.5 Å². The lowest BCUT2D eigenvalue weighted by Gasteiger charge is -2.12. The molecule has 660 valence electrons. The van der Waals surface area contributed by atoms with Crippen LogP contribution in [0.25, 0.3) is 92.9 Å². The number of thiophene rings is 3. The summed E-state index contributed by atoms with van der Waals surface area (Å²) in [5, 5.41) is 29.6. The summed E-state index contributed by atoms with van der Waals surface area (Å²) in [7, 11) is 1.24. The minimum Gasteiger partial charge on any atom is -0.436 e. The number of hydrogen-bond donors (Lipinski definition) is 0. The van der Waals surface area contributed by atoms with E-state index in [0.29, 0.717) is 39.2 Å². The molecule has 9 heterocycles. The molecule has 1 unspecified atom stereocenters. The summed E-state index contributed by atoms with van der Waals surface area (Å²) in [6.07, 6.45) is 13.0. The summed E-state index contributed by atoms with van der Waals surface area (Å²) in [6.45, 7) is 18.1. The van der Waals surface area contributed by atoms with E-state index in [2.05, 4.69) is 124 Å². The van der Waals surface area contributed by atoms with Crippen molar-refractivity contribution in [1.29, 1.82) is 0 Å². The topological polar surface area (TPSA) is 265 Å². The number of methoxy groups -OCH3 is 1. The summed E-state index contributed by atoms with van der Waals surface area (Å²) in [4.78, 5) is 123. The van der Waals surface area contributed by atoms with Crippen LogP contribution in [0.4, 0.5) is 4.79 Å². The van der Waals surface area contributed by atoms with Crippen molar-refractivity contribution in [2.45, 2.75) is 119 Å². The predicted molar refractivity (Wildman–Crippen MR) is 528 cm³/mol. The number of oxime groups is 4. The monoisotopic (exact) mass is 1820 g/mol. The number of ketones is 4. The third-order valence-electron chi connectivity index (χ3n) is 22.3. The number of benzene rings is 9. The number of ether oxygens (including phenoxy) is 1. The second kappa shape index (κ2) is 41.8. The second-order valence-electron chi connectivity index (χ2n) is 31.2. The summed E-state index contributed by atoms with van der Waals surface area (Å²) in [5.41, 5.74) is 18.1. The summed E-state index contributed by atoms with van der Waals surface area (Å²) < 4.78 is 13.5. The molecule has 0 N–H and O–H groups in total. The number of carbonyl (C=O) groups excluding carboxylic acids is 8. The van der Waals surface area contributed by atoms with E-state index in [1.165, 1.54) is 74.5 Å². The number of pyridine rings is 1. The van der Waals surface area contributed by atoms with Crippen LogP contribution in [0.2, 0.25) is 0 Å². The van der Waals surface area contributed by atoms with Gasteiger partial charge in [0.2, 0.25) is 11.6 Å². The van der Waals surface area contributed by atoms with Crippen LogP contribution in [0, 0.1) is 0 Å². The van der Waals surface area contributed by atoms with Gasteiger partial charge in [-0.05, 0) is 239 Å². The number of nitrogens with zero attached hydrogens (tertiary/aromatic N) is 9. The molecular formula is C105H93N9O13S4. The quantitative estimate of drug-likeness (QED) is 0.00928. The van der Waals surface area contributed by atoms with Crippen LogP contribution in [-0.2, 0) is 51.6 Å². The van der Waals surface area contributed by atoms with Crippen molar-refractivity contribution in [3.8, 4) is 5.69 Å². The van der Waals surface area contributed by atoms with E-state index < -0.39 is 24.1 Å². The van der Waals surface area contributed by atoms with E-state index in [1.807, 2.05) is 204 Å². The largest absolute Gasteiger partial charge is 0.534 e. The zero-order valence-corrected chi connectivity index (χ0v) is 77.0. The van der Waals surface area contributed by atoms with Crippen molar-refractivity contribution in [2.75, 3.05) is 12.9 Å². The second-order valence-corrected chi connectivity index (χ2v) is 35.2. The average molecular weight is 1820 g/mol. The molecule has 18 rings (SSSR count). The molecule has 0 radical (unpaired) electrons. The molecule has 9 aromatic carbocycles. The lowest BCUT2D eigenvalue weighted by molar-refractivity contribution is -0.141. The van der Waals surface area contributed by atoms with Gasteiger partial charge in [-0.3, -0.25) is 29.0 Å². The first kappa shape index (κ1) is 91.3. The van der Waals surface area contributed by atoms with Crippen molar-refractivity contribution >= 4 is 204 Å². The van der Waals surface area contributed by atoms with Crippen LogP contribution in [0.1, 0.15) is 184 Å².